The van der Waals surface area contributed by atoms with Crippen molar-refractivity contribution in [3.05, 3.63) is 0 Å². The molecule has 0 aromatic rings. The first-order valence-electron chi connectivity index (χ1n) is 6.79. The van der Waals surface area contributed by atoms with Gasteiger partial charge in [0.05, 0.1) is 18.4 Å². The minimum absolute atomic E-state index is 0.0489. The number of carboxylic acid groups (broad SMARTS) is 1. The molecule has 0 unspecified atom stereocenters. The van der Waals surface area contributed by atoms with Gasteiger partial charge in [0.15, 0.2) is 0 Å². The maximum Gasteiger partial charge on any atom is 0.307 e. The molecule has 2 N–H and O–H groups in total. The molecular weight excluding hydrogens is 234 g/mol. The second-order valence-electron chi connectivity index (χ2n) is 5.32. The summed E-state index contributed by atoms with van der Waals surface area (Å²) in [5, 5.41) is 18.2. The molecule has 0 aromatic heterocycles. The maximum atomic E-state index is 12.4. The van der Waals surface area contributed by atoms with Crippen molar-refractivity contribution >= 4 is 11.9 Å². The van der Waals surface area contributed by atoms with Crippen LogP contribution >= 0.6 is 0 Å². The van der Waals surface area contributed by atoms with Gasteiger partial charge in [-0.05, 0) is 32.1 Å². The van der Waals surface area contributed by atoms with Gasteiger partial charge in [0.2, 0.25) is 5.91 Å². The van der Waals surface area contributed by atoms with Crippen LogP contribution in [0.5, 0.6) is 0 Å². The number of carbonyl (C=O) groups excluding carboxylic acids is 1. The molecule has 0 aliphatic heterocycles. The smallest absolute Gasteiger partial charge is 0.307 e. The molecule has 2 rings (SSSR count). The summed E-state index contributed by atoms with van der Waals surface area (Å²) in [6.45, 7) is 0.291. The Morgan fingerprint density at radius 3 is 2.17 bits per heavy atom. The van der Waals surface area contributed by atoms with Crippen molar-refractivity contribution in [2.24, 2.45) is 11.8 Å². The van der Waals surface area contributed by atoms with Gasteiger partial charge >= 0.3 is 5.97 Å². The number of aliphatic carboxylic acids is 1. The molecule has 2 aliphatic carbocycles. The zero-order valence-electron chi connectivity index (χ0n) is 10.5. The van der Waals surface area contributed by atoms with Crippen LogP contribution in [0.3, 0.4) is 0 Å². The Morgan fingerprint density at radius 1 is 1.06 bits per heavy atom. The SMILES string of the molecule is O=C(O)[C@H]1CCC[C@H]1C(=O)N(CCO)C1CCC1. The highest BCUT2D eigenvalue weighted by Gasteiger charge is 2.41. The van der Waals surface area contributed by atoms with E-state index in [4.69, 9.17) is 10.2 Å². The van der Waals surface area contributed by atoms with Gasteiger partial charge in [-0.15, -0.1) is 0 Å². The predicted octanol–water partition coefficient (Wildman–Crippen LogP) is 0.861. The lowest BCUT2D eigenvalue weighted by atomic mass is 9.88. The Hall–Kier alpha value is -1.10. The first-order valence-corrected chi connectivity index (χ1v) is 6.79. The van der Waals surface area contributed by atoms with Crippen LogP contribution in [0, 0.1) is 11.8 Å². The van der Waals surface area contributed by atoms with Gasteiger partial charge in [-0.3, -0.25) is 9.59 Å². The van der Waals surface area contributed by atoms with Crippen molar-refractivity contribution in [3.63, 3.8) is 0 Å². The summed E-state index contributed by atoms with van der Waals surface area (Å²) in [5.74, 6) is -1.82. The van der Waals surface area contributed by atoms with Crippen LogP contribution < -0.4 is 0 Å². The number of nitrogens with zero attached hydrogens (tertiary/aromatic N) is 1. The van der Waals surface area contributed by atoms with Gasteiger partial charge in [0.1, 0.15) is 0 Å². The molecule has 0 saturated heterocycles. The molecule has 2 atom stereocenters. The molecule has 18 heavy (non-hydrogen) atoms. The Morgan fingerprint density at radius 2 is 1.67 bits per heavy atom. The van der Waals surface area contributed by atoms with E-state index in [9.17, 15) is 9.59 Å². The van der Waals surface area contributed by atoms with Crippen molar-refractivity contribution in [1.82, 2.24) is 4.90 Å². The summed E-state index contributed by atoms with van der Waals surface area (Å²) in [4.78, 5) is 25.3. The van der Waals surface area contributed by atoms with Crippen LogP contribution in [-0.4, -0.2) is 46.2 Å². The first kappa shape index (κ1) is 13.3. The largest absolute Gasteiger partial charge is 0.481 e. The zero-order valence-corrected chi connectivity index (χ0v) is 10.5. The van der Waals surface area contributed by atoms with E-state index >= 15 is 0 Å². The van der Waals surface area contributed by atoms with Crippen molar-refractivity contribution < 1.29 is 19.8 Å². The maximum absolute atomic E-state index is 12.4. The number of carboxylic acids is 1. The van der Waals surface area contributed by atoms with Crippen LogP contribution in [0.2, 0.25) is 0 Å². The van der Waals surface area contributed by atoms with Gasteiger partial charge in [-0.1, -0.05) is 6.42 Å². The minimum atomic E-state index is -0.858. The highest BCUT2D eigenvalue weighted by Crippen LogP contribution is 2.35. The van der Waals surface area contributed by atoms with Crippen molar-refractivity contribution in [2.45, 2.75) is 44.6 Å². The van der Waals surface area contributed by atoms with Crippen molar-refractivity contribution in [2.75, 3.05) is 13.2 Å². The number of rotatable bonds is 5. The van der Waals surface area contributed by atoms with Crippen LogP contribution in [0.25, 0.3) is 0 Å². The number of aliphatic hydroxyl groups excluding tert-OH is 1. The molecule has 2 saturated carbocycles. The van der Waals surface area contributed by atoms with E-state index in [1.54, 1.807) is 4.90 Å². The summed E-state index contributed by atoms with van der Waals surface area (Å²) >= 11 is 0. The second kappa shape index (κ2) is 5.69. The van der Waals surface area contributed by atoms with Gasteiger partial charge in [-0.25, -0.2) is 0 Å². The van der Waals surface area contributed by atoms with Crippen molar-refractivity contribution in [1.29, 1.82) is 0 Å². The van der Waals surface area contributed by atoms with E-state index in [1.807, 2.05) is 0 Å². The topological polar surface area (TPSA) is 77.8 Å². The van der Waals surface area contributed by atoms with E-state index in [0.717, 1.165) is 25.7 Å². The lowest BCUT2D eigenvalue weighted by Gasteiger charge is -2.39. The summed E-state index contributed by atoms with van der Waals surface area (Å²) in [5.41, 5.74) is 0. The molecule has 1 amide bonds. The molecule has 5 heteroatoms. The Kier molecular flexibility index (Phi) is 4.22. The molecule has 0 radical (unpaired) electrons. The van der Waals surface area contributed by atoms with Crippen molar-refractivity contribution in [3.8, 4) is 0 Å². The van der Waals surface area contributed by atoms with E-state index in [-0.39, 0.29) is 24.5 Å². The minimum Gasteiger partial charge on any atom is -0.481 e. The fourth-order valence-corrected chi connectivity index (χ4v) is 3.04. The number of hydrogen-bond donors (Lipinski definition) is 2. The molecule has 102 valence electrons. The predicted molar refractivity (Wildman–Crippen MR) is 64.9 cm³/mol. The number of amides is 1. The quantitative estimate of drug-likeness (QED) is 0.764. The van der Waals surface area contributed by atoms with Gasteiger partial charge in [0, 0.05) is 12.6 Å². The Balaban J connectivity index is 2.04. The summed E-state index contributed by atoms with van der Waals surface area (Å²) in [7, 11) is 0. The second-order valence-corrected chi connectivity index (χ2v) is 5.32. The number of carbonyl (C=O) groups is 2. The molecule has 0 bridgehead atoms. The third-order valence-electron chi connectivity index (χ3n) is 4.29. The highest BCUT2D eigenvalue weighted by atomic mass is 16.4. The monoisotopic (exact) mass is 255 g/mol. The molecular formula is C13H21NO4. The molecule has 2 fully saturated rings. The van der Waals surface area contributed by atoms with E-state index in [2.05, 4.69) is 0 Å². The van der Waals surface area contributed by atoms with Crippen LogP contribution in [0.15, 0.2) is 0 Å². The fraction of sp³-hybridized carbons (Fsp3) is 0.846. The Labute approximate surface area is 107 Å². The molecule has 0 spiro atoms. The third-order valence-corrected chi connectivity index (χ3v) is 4.29. The summed E-state index contributed by atoms with van der Waals surface area (Å²) in [6.07, 6.45) is 5.16. The first-order chi connectivity index (χ1) is 8.65. The van der Waals surface area contributed by atoms with Gasteiger partial charge in [-0.2, -0.15) is 0 Å². The van der Waals surface area contributed by atoms with Crippen LogP contribution in [-0.2, 0) is 9.59 Å². The molecule has 5 nitrogen and oxygen atoms in total. The average Bonchev–Trinajstić information content (AvgIpc) is 2.74. The summed E-state index contributed by atoms with van der Waals surface area (Å²) in [6, 6.07) is 0.222. The van der Waals surface area contributed by atoms with Crippen LogP contribution in [0.4, 0.5) is 0 Å². The molecule has 0 heterocycles. The van der Waals surface area contributed by atoms with Gasteiger partial charge in [0.25, 0.3) is 0 Å². The molecule has 2 aliphatic rings. The lowest BCUT2D eigenvalue weighted by Crippen LogP contribution is -2.49. The van der Waals surface area contributed by atoms with E-state index in [0.29, 0.717) is 19.4 Å². The number of hydrogen-bond acceptors (Lipinski definition) is 3. The Bertz CT molecular complexity index is 327. The number of aliphatic hydroxyl groups is 1. The average molecular weight is 255 g/mol. The highest BCUT2D eigenvalue weighted by molar-refractivity contribution is 5.85. The fourth-order valence-electron chi connectivity index (χ4n) is 3.04. The standard InChI is InChI=1S/C13H21NO4/c15-8-7-14(9-3-1-4-9)12(16)10-5-2-6-11(10)13(17)18/h9-11,15H,1-8H2,(H,17,18)/t10-,11+/m1/s1. The molecule has 0 aromatic carbocycles. The third kappa shape index (κ3) is 2.51. The lowest BCUT2D eigenvalue weighted by molar-refractivity contribution is -0.151. The van der Waals surface area contributed by atoms with Gasteiger partial charge < -0.3 is 15.1 Å². The zero-order chi connectivity index (χ0) is 13.1. The van der Waals surface area contributed by atoms with E-state index < -0.39 is 11.9 Å². The normalized spacial score (nSPS) is 27.8. The van der Waals surface area contributed by atoms with E-state index in [1.165, 1.54) is 0 Å². The summed E-state index contributed by atoms with van der Waals surface area (Å²) < 4.78 is 0. The van der Waals surface area contributed by atoms with Crippen LogP contribution in [0.1, 0.15) is 38.5 Å².